The van der Waals surface area contributed by atoms with Crippen molar-refractivity contribution in [2.24, 2.45) is 0 Å². The van der Waals surface area contributed by atoms with Crippen LogP contribution >= 0.6 is 0 Å². The number of carbonyl (C=O) groups excluding carboxylic acids is 2. The second-order valence-corrected chi connectivity index (χ2v) is 3.43. The van der Waals surface area contributed by atoms with Gasteiger partial charge in [0.25, 0.3) is 0 Å². The van der Waals surface area contributed by atoms with E-state index in [0.717, 1.165) is 0 Å². The van der Waals surface area contributed by atoms with Gasteiger partial charge in [-0.1, -0.05) is 18.7 Å². The summed E-state index contributed by atoms with van der Waals surface area (Å²) in [5, 5.41) is 0. The highest BCUT2D eigenvalue weighted by Gasteiger charge is 2.11. The Balaban J connectivity index is 2.92. The highest BCUT2D eigenvalue weighted by Crippen LogP contribution is 2.23. The quantitative estimate of drug-likeness (QED) is 0.456. The molecule has 90 valence electrons. The van der Waals surface area contributed by atoms with Crippen molar-refractivity contribution in [3.05, 3.63) is 42.5 Å². The second kappa shape index (κ2) is 5.84. The van der Waals surface area contributed by atoms with Gasteiger partial charge in [0.2, 0.25) is 0 Å². The Hall–Kier alpha value is -2.10. The first kappa shape index (κ1) is 13.0. The number of benzene rings is 1. The van der Waals surface area contributed by atoms with Crippen LogP contribution in [0.15, 0.2) is 36.9 Å². The highest BCUT2D eigenvalue weighted by atomic mass is 16.5. The third kappa shape index (κ3) is 4.10. The zero-order valence-electron chi connectivity index (χ0n) is 9.80. The third-order valence-corrected chi connectivity index (χ3v) is 1.96. The van der Waals surface area contributed by atoms with Gasteiger partial charge in [-0.05, 0) is 18.2 Å². The molecule has 1 rings (SSSR count). The van der Waals surface area contributed by atoms with Gasteiger partial charge in [0.05, 0.1) is 0 Å². The minimum Gasteiger partial charge on any atom is -0.453 e. The molecule has 4 nitrogen and oxygen atoms in total. The van der Waals surface area contributed by atoms with Crippen molar-refractivity contribution in [2.75, 3.05) is 0 Å². The van der Waals surface area contributed by atoms with Crippen LogP contribution in [-0.4, -0.2) is 11.9 Å². The van der Waals surface area contributed by atoms with E-state index < -0.39 is 18.0 Å². The molecular weight excluding hydrogens is 220 g/mol. The molecule has 0 radical (unpaired) electrons. The molecule has 1 atom stereocenters. The van der Waals surface area contributed by atoms with E-state index in [1.54, 1.807) is 24.3 Å². The smallest absolute Gasteiger partial charge is 0.308 e. The highest BCUT2D eigenvalue weighted by molar-refractivity contribution is 5.69. The van der Waals surface area contributed by atoms with Gasteiger partial charge >= 0.3 is 11.9 Å². The van der Waals surface area contributed by atoms with Crippen molar-refractivity contribution in [2.45, 2.75) is 20.0 Å². The van der Waals surface area contributed by atoms with Gasteiger partial charge in [-0.25, -0.2) is 0 Å². The van der Waals surface area contributed by atoms with Crippen LogP contribution in [0.3, 0.4) is 0 Å². The molecule has 0 N–H and O–H groups in total. The van der Waals surface area contributed by atoms with Crippen LogP contribution in [0.2, 0.25) is 0 Å². The average Bonchev–Trinajstić information content (AvgIpc) is 2.25. The maximum absolute atomic E-state index is 10.9. The van der Waals surface area contributed by atoms with Crippen molar-refractivity contribution in [1.82, 2.24) is 0 Å². The number of hydrogen-bond acceptors (Lipinski definition) is 4. The SMILES string of the molecule is C=C[C@@H](OC(C)=O)c1cccc(OC(C)=O)c1. The third-order valence-electron chi connectivity index (χ3n) is 1.96. The summed E-state index contributed by atoms with van der Waals surface area (Å²) >= 11 is 0. The largest absolute Gasteiger partial charge is 0.453 e. The maximum Gasteiger partial charge on any atom is 0.308 e. The molecule has 0 heterocycles. The molecule has 17 heavy (non-hydrogen) atoms. The van der Waals surface area contributed by atoms with Crippen LogP contribution in [0.5, 0.6) is 5.75 Å². The normalized spacial score (nSPS) is 11.4. The molecule has 4 heteroatoms. The summed E-state index contributed by atoms with van der Waals surface area (Å²) in [6, 6.07) is 6.77. The van der Waals surface area contributed by atoms with E-state index >= 15 is 0 Å². The summed E-state index contributed by atoms with van der Waals surface area (Å²) in [5.41, 5.74) is 0.703. The summed E-state index contributed by atoms with van der Waals surface area (Å²) in [4.78, 5) is 21.7. The Morgan fingerprint density at radius 2 is 2.00 bits per heavy atom. The van der Waals surface area contributed by atoms with Crippen molar-refractivity contribution in [1.29, 1.82) is 0 Å². The maximum atomic E-state index is 10.9. The number of esters is 2. The fraction of sp³-hybridized carbons (Fsp3) is 0.231. The first-order chi connectivity index (χ1) is 8.02. The zero-order valence-corrected chi connectivity index (χ0v) is 9.80. The number of ether oxygens (including phenoxy) is 2. The molecule has 0 aliphatic carbocycles. The minimum absolute atomic E-state index is 0.396. The van der Waals surface area contributed by atoms with Crippen LogP contribution in [0.1, 0.15) is 25.5 Å². The van der Waals surface area contributed by atoms with E-state index in [4.69, 9.17) is 9.47 Å². The topological polar surface area (TPSA) is 52.6 Å². The van der Waals surface area contributed by atoms with Gasteiger partial charge in [-0.15, -0.1) is 0 Å². The Kier molecular flexibility index (Phi) is 4.46. The molecule has 0 aliphatic rings. The Morgan fingerprint density at radius 1 is 1.29 bits per heavy atom. The molecule has 0 fully saturated rings. The molecule has 0 aliphatic heterocycles. The van der Waals surface area contributed by atoms with Crippen molar-refractivity contribution >= 4 is 11.9 Å². The van der Waals surface area contributed by atoms with Gasteiger partial charge in [0.1, 0.15) is 11.9 Å². The van der Waals surface area contributed by atoms with Gasteiger partial charge in [0.15, 0.2) is 0 Å². The Morgan fingerprint density at radius 3 is 2.53 bits per heavy atom. The zero-order chi connectivity index (χ0) is 12.8. The fourth-order valence-corrected chi connectivity index (χ4v) is 1.35. The standard InChI is InChI=1S/C13H14O4/c1-4-13(17-10(3)15)11-6-5-7-12(8-11)16-9(2)14/h4-8,13H,1H2,2-3H3/t13-/m1/s1. The van der Waals surface area contributed by atoms with Gasteiger partial charge < -0.3 is 9.47 Å². The van der Waals surface area contributed by atoms with E-state index in [-0.39, 0.29) is 0 Å². The predicted octanol–water partition coefficient (Wildman–Crippen LogP) is 2.40. The van der Waals surface area contributed by atoms with Crippen LogP contribution in [-0.2, 0) is 14.3 Å². The monoisotopic (exact) mass is 234 g/mol. The predicted molar refractivity (Wildman–Crippen MR) is 62.5 cm³/mol. The molecule has 0 saturated heterocycles. The second-order valence-electron chi connectivity index (χ2n) is 3.43. The molecule has 0 bridgehead atoms. The van der Waals surface area contributed by atoms with Crippen LogP contribution < -0.4 is 4.74 Å². The first-order valence-electron chi connectivity index (χ1n) is 5.11. The van der Waals surface area contributed by atoms with E-state index in [1.807, 2.05) is 0 Å². The minimum atomic E-state index is -0.539. The molecule has 1 aromatic carbocycles. The average molecular weight is 234 g/mol. The Labute approximate surface area is 99.8 Å². The molecule has 0 spiro atoms. The van der Waals surface area contributed by atoms with E-state index in [9.17, 15) is 9.59 Å². The fourth-order valence-electron chi connectivity index (χ4n) is 1.35. The summed E-state index contributed by atoms with van der Waals surface area (Å²) in [6.45, 7) is 6.25. The van der Waals surface area contributed by atoms with Gasteiger partial charge in [-0.3, -0.25) is 9.59 Å². The lowest BCUT2D eigenvalue weighted by molar-refractivity contribution is -0.144. The molecule has 0 amide bonds. The van der Waals surface area contributed by atoms with Crippen molar-refractivity contribution in [3.8, 4) is 5.75 Å². The van der Waals surface area contributed by atoms with Gasteiger partial charge in [0, 0.05) is 19.4 Å². The van der Waals surface area contributed by atoms with E-state index in [0.29, 0.717) is 11.3 Å². The van der Waals surface area contributed by atoms with Gasteiger partial charge in [-0.2, -0.15) is 0 Å². The lowest BCUT2D eigenvalue weighted by atomic mass is 10.1. The molecular formula is C13H14O4. The van der Waals surface area contributed by atoms with E-state index in [1.165, 1.54) is 19.9 Å². The van der Waals surface area contributed by atoms with Crippen LogP contribution in [0.4, 0.5) is 0 Å². The van der Waals surface area contributed by atoms with Crippen LogP contribution in [0.25, 0.3) is 0 Å². The lowest BCUT2D eigenvalue weighted by Crippen LogP contribution is -2.07. The summed E-state index contributed by atoms with van der Waals surface area (Å²) in [7, 11) is 0. The number of rotatable bonds is 4. The molecule has 0 aromatic heterocycles. The summed E-state index contributed by atoms with van der Waals surface area (Å²) in [5.74, 6) is -0.383. The lowest BCUT2D eigenvalue weighted by Gasteiger charge is -2.13. The van der Waals surface area contributed by atoms with Crippen LogP contribution in [0, 0.1) is 0 Å². The number of hydrogen-bond donors (Lipinski definition) is 0. The number of carbonyl (C=O) groups is 2. The van der Waals surface area contributed by atoms with Crippen molar-refractivity contribution in [3.63, 3.8) is 0 Å². The Bertz CT molecular complexity index is 437. The summed E-state index contributed by atoms with van der Waals surface area (Å²) < 4.78 is 9.99. The summed E-state index contributed by atoms with van der Waals surface area (Å²) in [6.07, 6.45) is 0.969. The van der Waals surface area contributed by atoms with Crippen molar-refractivity contribution < 1.29 is 19.1 Å². The molecule has 1 aromatic rings. The molecule has 0 unspecified atom stereocenters. The van der Waals surface area contributed by atoms with E-state index in [2.05, 4.69) is 6.58 Å². The molecule has 0 saturated carbocycles. The first-order valence-corrected chi connectivity index (χ1v) is 5.11.